The summed E-state index contributed by atoms with van der Waals surface area (Å²) in [6.45, 7) is 6.95. The number of ketones is 3. The van der Waals surface area contributed by atoms with Crippen molar-refractivity contribution in [1.82, 2.24) is 4.90 Å². The zero-order chi connectivity index (χ0) is 42.0. The first-order valence-electron chi connectivity index (χ1n) is 19.9. The van der Waals surface area contributed by atoms with Gasteiger partial charge in [0.2, 0.25) is 5.78 Å². The molecule has 7 rings (SSSR count). The molecule has 0 spiro atoms. The van der Waals surface area contributed by atoms with E-state index in [-0.39, 0.29) is 70.9 Å². The van der Waals surface area contributed by atoms with Crippen molar-refractivity contribution in [1.29, 1.82) is 0 Å². The summed E-state index contributed by atoms with van der Waals surface area (Å²) < 4.78 is 42.6. The van der Waals surface area contributed by atoms with Crippen LogP contribution in [0.3, 0.4) is 0 Å². The Hall–Kier alpha value is -3.84. The molecule has 3 fully saturated rings. The molecule has 2 aliphatic carbocycles. The first kappa shape index (κ1) is 42.3. The van der Waals surface area contributed by atoms with Gasteiger partial charge in [0.1, 0.15) is 35.7 Å². The van der Waals surface area contributed by atoms with Crippen LogP contribution >= 0.6 is 0 Å². The topological polar surface area (TPSA) is 217 Å². The molecular formula is C42H53NO15. The molecule has 4 N–H and O–H groups in total. The number of fused-ring (bicyclic) bond motifs is 3. The number of carbonyl (C=O) groups excluding carboxylic acids is 4. The van der Waals surface area contributed by atoms with E-state index in [1.165, 1.54) is 31.4 Å². The molecule has 16 heteroatoms. The predicted molar refractivity (Wildman–Crippen MR) is 201 cm³/mol. The number of hydrogen-bond donors (Lipinski definition) is 4. The molecule has 0 unspecified atom stereocenters. The Kier molecular flexibility index (Phi) is 11.9. The molecule has 3 heterocycles. The van der Waals surface area contributed by atoms with Gasteiger partial charge in [0.25, 0.3) is 0 Å². The number of aromatic hydroxyl groups is 2. The van der Waals surface area contributed by atoms with Gasteiger partial charge in [0, 0.05) is 54.8 Å². The predicted octanol–water partition coefficient (Wildman–Crippen LogP) is 3.16. The average Bonchev–Trinajstić information content (AvgIpc) is 3.17. The molecular weight excluding hydrogens is 758 g/mol. The van der Waals surface area contributed by atoms with Crippen LogP contribution in [0.1, 0.15) is 121 Å². The molecule has 0 amide bonds. The van der Waals surface area contributed by atoms with E-state index in [0.29, 0.717) is 12.8 Å². The highest BCUT2D eigenvalue weighted by molar-refractivity contribution is 6.30. The summed E-state index contributed by atoms with van der Waals surface area (Å²) >= 11 is 0. The van der Waals surface area contributed by atoms with Crippen LogP contribution < -0.4 is 0 Å². The molecule has 13 atom stereocenters. The lowest BCUT2D eigenvalue weighted by Gasteiger charge is -2.48. The molecule has 3 aliphatic heterocycles. The van der Waals surface area contributed by atoms with Crippen LogP contribution in [-0.2, 0) is 42.7 Å². The first-order valence-corrected chi connectivity index (χ1v) is 19.9. The van der Waals surface area contributed by atoms with Gasteiger partial charge in [0.15, 0.2) is 30.4 Å². The molecule has 0 radical (unpaired) electrons. The maximum Gasteiger partial charge on any atom is 0.316 e. The van der Waals surface area contributed by atoms with Crippen molar-refractivity contribution in [2.24, 2.45) is 0 Å². The number of likely N-dealkylation sites (N-methyl/N-ethyl adjacent to an activating group) is 1. The van der Waals surface area contributed by atoms with Crippen molar-refractivity contribution >= 4 is 23.3 Å². The van der Waals surface area contributed by atoms with Gasteiger partial charge in [-0.15, -0.1) is 0 Å². The van der Waals surface area contributed by atoms with Crippen molar-refractivity contribution < 1.29 is 72.8 Å². The smallest absolute Gasteiger partial charge is 0.316 e. The van der Waals surface area contributed by atoms with E-state index in [9.17, 15) is 39.6 Å². The van der Waals surface area contributed by atoms with Crippen LogP contribution in [0.15, 0.2) is 24.3 Å². The monoisotopic (exact) mass is 811 g/mol. The minimum absolute atomic E-state index is 0.00573. The SMILES string of the molecule is CC[C@@]1(O)C[C@H](O[C@H]2C[C@@H](N(C)C)[C@@H](O[C@H]3C[C@@H](O)[C@@H](O[C@H]4CCC(=O)[C@@H](C)O4)[C@@H](C)O3)[C@@H](C)O2)c2c(cc3c(c2O)C(=O)c2c(O)cccc2C3=O)[C@H]1C(=O)OC. The molecule has 316 valence electrons. The second-order valence-corrected chi connectivity index (χ2v) is 16.3. The fourth-order valence-corrected chi connectivity index (χ4v) is 9.27. The third-order valence-electron chi connectivity index (χ3n) is 12.4. The molecule has 2 aromatic carbocycles. The van der Waals surface area contributed by atoms with E-state index in [1.54, 1.807) is 27.7 Å². The van der Waals surface area contributed by atoms with Gasteiger partial charge in [-0.3, -0.25) is 19.2 Å². The summed E-state index contributed by atoms with van der Waals surface area (Å²) in [6.07, 6.45) is -6.64. The highest BCUT2D eigenvalue weighted by Gasteiger charge is 2.53. The van der Waals surface area contributed by atoms with E-state index >= 15 is 0 Å². The summed E-state index contributed by atoms with van der Waals surface area (Å²) in [5, 5.41) is 45.9. The van der Waals surface area contributed by atoms with Crippen molar-refractivity contribution in [3.05, 3.63) is 57.6 Å². The molecule has 5 aliphatic rings. The quantitative estimate of drug-likeness (QED) is 0.228. The number of Topliss-reactive ketones (excluding diaryl/α,β-unsaturated/α-hetero) is 1. The lowest BCUT2D eigenvalue weighted by atomic mass is 9.67. The maximum absolute atomic E-state index is 13.9. The standard InChI is InChI=1S/C42H53NO15/c1-8-42(51)17-28(33-22(35(42)41(50)52-7)14-23-34(38(33)49)37(48)32-21(36(23)47)10-9-11-26(32)45)56-30-15-24(43(5)6)39(19(3)54-30)58-31-16-27(46)40(20(4)55-31)57-29-13-12-25(44)18(2)53-29/h9-11,14,18-20,24,27-31,35,39-40,45-46,49,51H,8,12-13,15-17H2,1-7H3/t18-,19-,20-,24-,27-,28+,29+,30+,31+,35+,39+,40+,42-/m1/s1. The third kappa shape index (κ3) is 7.47. The zero-order valence-electron chi connectivity index (χ0n) is 33.7. The number of methoxy groups -OCH3 is 1. The fraction of sp³-hybridized carbons (Fsp3) is 0.619. The van der Waals surface area contributed by atoms with Crippen LogP contribution in [0.25, 0.3) is 0 Å². The Morgan fingerprint density at radius 1 is 0.897 bits per heavy atom. The van der Waals surface area contributed by atoms with Gasteiger partial charge in [-0.25, -0.2) is 0 Å². The normalized spacial score (nSPS) is 36.3. The molecule has 3 saturated heterocycles. The molecule has 16 nitrogen and oxygen atoms in total. The average molecular weight is 812 g/mol. The Labute approximate surface area is 336 Å². The van der Waals surface area contributed by atoms with Crippen molar-refractivity contribution in [2.75, 3.05) is 21.2 Å². The molecule has 0 saturated carbocycles. The maximum atomic E-state index is 13.9. The van der Waals surface area contributed by atoms with Crippen LogP contribution in [0.5, 0.6) is 11.5 Å². The van der Waals surface area contributed by atoms with Crippen molar-refractivity contribution in [3.8, 4) is 11.5 Å². The van der Waals surface area contributed by atoms with E-state index < -0.39 is 102 Å². The lowest BCUT2D eigenvalue weighted by molar-refractivity contribution is -0.324. The molecule has 0 aromatic heterocycles. The second kappa shape index (κ2) is 16.3. The Balaban J connectivity index is 1.13. The summed E-state index contributed by atoms with van der Waals surface area (Å²) in [5.74, 6) is -4.59. The van der Waals surface area contributed by atoms with E-state index in [1.807, 2.05) is 19.0 Å². The van der Waals surface area contributed by atoms with Gasteiger partial charge in [-0.1, -0.05) is 19.1 Å². The van der Waals surface area contributed by atoms with Crippen molar-refractivity contribution in [2.45, 2.75) is 145 Å². The highest BCUT2D eigenvalue weighted by Crippen LogP contribution is 2.54. The van der Waals surface area contributed by atoms with Gasteiger partial charge < -0.3 is 58.5 Å². The number of aliphatic hydroxyl groups excluding tert-OH is 1. The number of carbonyl (C=O) groups is 4. The largest absolute Gasteiger partial charge is 0.507 e. The number of ether oxygens (including phenoxy) is 7. The minimum Gasteiger partial charge on any atom is -0.507 e. The van der Waals surface area contributed by atoms with Crippen molar-refractivity contribution in [3.63, 3.8) is 0 Å². The molecule has 2 aromatic rings. The lowest BCUT2D eigenvalue weighted by Crippen LogP contribution is -2.58. The van der Waals surface area contributed by atoms with Gasteiger partial charge in [-0.2, -0.15) is 0 Å². The third-order valence-corrected chi connectivity index (χ3v) is 12.4. The number of nitrogens with zero attached hydrogens (tertiary/aromatic N) is 1. The number of aliphatic hydroxyl groups is 2. The van der Waals surface area contributed by atoms with Crippen LogP contribution in [0, 0.1) is 0 Å². The minimum atomic E-state index is -1.76. The number of phenolic OH excluding ortho intramolecular Hbond substituents is 2. The fourth-order valence-electron chi connectivity index (χ4n) is 9.27. The number of benzene rings is 2. The van der Waals surface area contributed by atoms with Gasteiger partial charge in [0.05, 0.1) is 48.3 Å². The Bertz CT molecular complexity index is 1940. The van der Waals surface area contributed by atoms with Gasteiger partial charge >= 0.3 is 5.97 Å². The number of phenols is 2. The molecule has 0 bridgehead atoms. The van der Waals surface area contributed by atoms with Crippen LogP contribution in [0.4, 0.5) is 0 Å². The Morgan fingerprint density at radius 2 is 1.57 bits per heavy atom. The molecule has 58 heavy (non-hydrogen) atoms. The second-order valence-electron chi connectivity index (χ2n) is 16.3. The Morgan fingerprint density at radius 3 is 2.21 bits per heavy atom. The van der Waals surface area contributed by atoms with E-state index in [0.717, 1.165) is 0 Å². The first-order chi connectivity index (χ1) is 27.5. The summed E-state index contributed by atoms with van der Waals surface area (Å²) in [7, 11) is 4.91. The number of hydrogen-bond acceptors (Lipinski definition) is 16. The van der Waals surface area contributed by atoms with E-state index in [2.05, 4.69) is 0 Å². The number of esters is 1. The number of rotatable bonds is 9. The summed E-state index contributed by atoms with van der Waals surface area (Å²) in [4.78, 5) is 55.0. The summed E-state index contributed by atoms with van der Waals surface area (Å²) in [6, 6.07) is 5.11. The van der Waals surface area contributed by atoms with E-state index in [4.69, 9.17) is 33.2 Å². The van der Waals surface area contributed by atoms with Gasteiger partial charge in [-0.05, 0) is 59.0 Å². The highest BCUT2D eigenvalue weighted by atomic mass is 16.7. The van der Waals surface area contributed by atoms with Crippen LogP contribution in [0.2, 0.25) is 0 Å². The summed E-state index contributed by atoms with van der Waals surface area (Å²) in [5.41, 5.74) is -2.49. The van der Waals surface area contributed by atoms with Crippen LogP contribution in [-0.4, -0.2) is 137 Å². The zero-order valence-corrected chi connectivity index (χ0v) is 33.7.